The van der Waals surface area contributed by atoms with Gasteiger partial charge in [0.15, 0.2) is 0 Å². The summed E-state index contributed by atoms with van der Waals surface area (Å²) in [6.07, 6.45) is -1.97. The Balaban J connectivity index is 3.49. The van der Waals surface area contributed by atoms with Gasteiger partial charge in [-0.2, -0.15) is 5.26 Å². The fourth-order valence-electron chi connectivity index (χ4n) is 1.40. The molecule has 4 nitrogen and oxygen atoms in total. The molecule has 0 aliphatic heterocycles. The first kappa shape index (κ1) is 14.3. The fourth-order valence-corrected chi connectivity index (χ4v) is 1.68. The summed E-state index contributed by atoms with van der Waals surface area (Å²) < 4.78 is 30.2. The highest BCUT2D eigenvalue weighted by atomic mass is 35.5. The van der Waals surface area contributed by atoms with Gasteiger partial charge in [-0.25, -0.2) is 13.6 Å². The zero-order valence-electron chi connectivity index (χ0n) is 9.41. The smallest absolute Gasteiger partial charge is 0.340 e. The summed E-state index contributed by atoms with van der Waals surface area (Å²) in [4.78, 5) is 15.1. The third-order valence-corrected chi connectivity index (χ3v) is 2.42. The number of esters is 1. The zero-order valence-corrected chi connectivity index (χ0v) is 10.2. The minimum atomic E-state index is -2.95. The van der Waals surface area contributed by atoms with Gasteiger partial charge in [-0.05, 0) is 6.92 Å². The van der Waals surface area contributed by atoms with Crippen molar-refractivity contribution in [3.63, 3.8) is 0 Å². The molecule has 1 aromatic rings. The number of hydrogen-bond donors (Lipinski definition) is 0. The predicted octanol–water partition coefficient (Wildman–Crippen LogP) is 2.81. The van der Waals surface area contributed by atoms with Crippen LogP contribution in [0, 0.1) is 11.3 Å². The standard InChI is InChI=1S/C11H9ClF2N2O2/c1-2-18-11(17)8-7(3-12)6(4-15)5-16-9(8)10(13)14/h5,10H,2-3H2,1H3. The van der Waals surface area contributed by atoms with Crippen LogP contribution in [0.1, 0.15) is 40.5 Å². The largest absolute Gasteiger partial charge is 0.462 e. The molecule has 0 aliphatic rings. The number of hydrogen-bond acceptors (Lipinski definition) is 4. The third kappa shape index (κ3) is 2.74. The number of halogens is 3. The first-order chi connectivity index (χ1) is 8.56. The van der Waals surface area contributed by atoms with Crippen LogP contribution in [-0.4, -0.2) is 17.6 Å². The zero-order chi connectivity index (χ0) is 13.7. The molecule has 18 heavy (non-hydrogen) atoms. The fraction of sp³-hybridized carbons (Fsp3) is 0.364. The van der Waals surface area contributed by atoms with Crippen molar-refractivity contribution >= 4 is 17.6 Å². The van der Waals surface area contributed by atoms with Gasteiger partial charge in [0.25, 0.3) is 6.43 Å². The number of nitrogens with zero attached hydrogens (tertiary/aromatic N) is 2. The molecule has 7 heteroatoms. The van der Waals surface area contributed by atoms with Gasteiger partial charge in [0.05, 0.1) is 17.7 Å². The van der Waals surface area contributed by atoms with Gasteiger partial charge < -0.3 is 4.74 Å². The summed E-state index contributed by atoms with van der Waals surface area (Å²) in [5, 5.41) is 8.83. The highest BCUT2D eigenvalue weighted by molar-refractivity contribution is 6.18. The average Bonchev–Trinajstić information content (AvgIpc) is 2.36. The van der Waals surface area contributed by atoms with Crippen molar-refractivity contribution in [3.8, 4) is 6.07 Å². The number of carbonyl (C=O) groups is 1. The van der Waals surface area contributed by atoms with Crippen molar-refractivity contribution < 1.29 is 18.3 Å². The maximum absolute atomic E-state index is 12.8. The van der Waals surface area contributed by atoms with E-state index in [0.717, 1.165) is 6.20 Å². The summed E-state index contributed by atoms with van der Waals surface area (Å²) in [7, 11) is 0. The van der Waals surface area contributed by atoms with E-state index in [1.807, 2.05) is 0 Å². The highest BCUT2D eigenvalue weighted by Gasteiger charge is 2.26. The van der Waals surface area contributed by atoms with E-state index < -0.39 is 23.7 Å². The topological polar surface area (TPSA) is 63.0 Å². The first-order valence-corrected chi connectivity index (χ1v) is 5.53. The number of nitriles is 1. The van der Waals surface area contributed by atoms with Gasteiger partial charge in [0, 0.05) is 17.6 Å². The highest BCUT2D eigenvalue weighted by Crippen LogP contribution is 2.27. The van der Waals surface area contributed by atoms with Crippen LogP contribution in [0.4, 0.5) is 8.78 Å². The summed E-state index contributed by atoms with van der Waals surface area (Å²) in [5.41, 5.74) is -1.13. The SMILES string of the molecule is CCOC(=O)c1c(C(F)F)ncc(C#N)c1CCl. The molecule has 0 spiro atoms. The molecular formula is C11H9ClF2N2O2. The van der Waals surface area contributed by atoms with Crippen LogP contribution in [0.5, 0.6) is 0 Å². The van der Waals surface area contributed by atoms with Crippen LogP contribution < -0.4 is 0 Å². The van der Waals surface area contributed by atoms with Crippen LogP contribution >= 0.6 is 11.6 Å². The van der Waals surface area contributed by atoms with E-state index in [0.29, 0.717) is 0 Å². The van der Waals surface area contributed by atoms with E-state index >= 15 is 0 Å². The number of alkyl halides is 3. The van der Waals surface area contributed by atoms with Crippen molar-refractivity contribution in [1.29, 1.82) is 5.26 Å². The lowest BCUT2D eigenvalue weighted by Crippen LogP contribution is -2.14. The molecular weight excluding hydrogens is 266 g/mol. The molecule has 0 unspecified atom stereocenters. The number of aromatic nitrogens is 1. The van der Waals surface area contributed by atoms with Crippen LogP contribution in [-0.2, 0) is 10.6 Å². The monoisotopic (exact) mass is 274 g/mol. The Morgan fingerprint density at radius 1 is 1.67 bits per heavy atom. The van der Waals surface area contributed by atoms with Crippen molar-refractivity contribution in [3.05, 3.63) is 28.6 Å². The summed E-state index contributed by atoms with van der Waals surface area (Å²) in [6, 6.07) is 1.75. The van der Waals surface area contributed by atoms with Crippen molar-refractivity contribution in [2.75, 3.05) is 6.61 Å². The van der Waals surface area contributed by atoms with Gasteiger partial charge in [0.2, 0.25) is 0 Å². The van der Waals surface area contributed by atoms with Gasteiger partial charge in [0.1, 0.15) is 11.8 Å². The quantitative estimate of drug-likeness (QED) is 0.625. The number of ether oxygens (including phenoxy) is 1. The van der Waals surface area contributed by atoms with Gasteiger partial charge in [-0.1, -0.05) is 0 Å². The Bertz CT molecular complexity index is 501. The molecule has 0 atom stereocenters. The Morgan fingerprint density at radius 2 is 2.33 bits per heavy atom. The summed E-state index contributed by atoms with van der Waals surface area (Å²) in [6.45, 7) is 1.57. The Hall–Kier alpha value is -1.74. The van der Waals surface area contributed by atoms with Gasteiger partial charge in [-0.15, -0.1) is 11.6 Å². The molecule has 1 rings (SSSR count). The molecule has 0 radical (unpaired) electrons. The van der Waals surface area contributed by atoms with Crippen LogP contribution in [0.25, 0.3) is 0 Å². The second kappa shape index (κ2) is 6.26. The van der Waals surface area contributed by atoms with Gasteiger partial charge >= 0.3 is 5.97 Å². The average molecular weight is 275 g/mol. The molecule has 0 amide bonds. The molecule has 0 aliphatic carbocycles. The van der Waals surface area contributed by atoms with E-state index in [1.54, 1.807) is 13.0 Å². The van der Waals surface area contributed by atoms with Crippen LogP contribution in [0.2, 0.25) is 0 Å². The molecule has 0 aromatic carbocycles. The predicted molar refractivity (Wildman–Crippen MR) is 59.4 cm³/mol. The van der Waals surface area contributed by atoms with E-state index in [1.165, 1.54) is 0 Å². The van der Waals surface area contributed by atoms with Crippen molar-refractivity contribution in [2.24, 2.45) is 0 Å². The molecule has 1 heterocycles. The van der Waals surface area contributed by atoms with Crippen molar-refractivity contribution in [1.82, 2.24) is 4.98 Å². The van der Waals surface area contributed by atoms with Crippen molar-refractivity contribution in [2.45, 2.75) is 19.2 Å². The van der Waals surface area contributed by atoms with E-state index in [4.69, 9.17) is 16.9 Å². The second-order valence-corrected chi connectivity index (χ2v) is 3.44. The van der Waals surface area contributed by atoms with Crippen LogP contribution in [0.15, 0.2) is 6.20 Å². The lowest BCUT2D eigenvalue weighted by atomic mass is 10.0. The number of rotatable bonds is 4. The maximum atomic E-state index is 12.8. The Labute approximate surface area is 107 Å². The minimum absolute atomic E-state index is 0.0162. The van der Waals surface area contributed by atoms with E-state index in [-0.39, 0.29) is 23.6 Å². The third-order valence-electron chi connectivity index (χ3n) is 2.16. The van der Waals surface area contributed by atoms with Crippen LogP contribution in [0.3, 0.4) is 0 Å². The lowest BCUT2D eigenvalue weighted by molar-refractivity contribution is 0.0512. The molecule has 0 bridgehead atoms. The molecule has 0 saturated heterocycles. The first-order valence-electron chi connectivity index (χ1n) is 4.99. The Morgan fingerprint density at radius 3 is 2.78 bits per heavy atom. The maximum Gasteiger partial charge on any atom is 0.340 e. The molecule has 96 valence electrons. The Kier molecular flexibility index (Phi) is 4.98. The second-order valence-electron chi connectivity index (χ2n) is 3.18. The number of pyridine rings is 1. The molecule has 0 N–H and O–H groups in total. The van der Waals surface area contributed by atoms with E-state index in [2.05, 4.69) is 9.72 Å². The summed E-state index contributed by atoms with van der Waals surface area (Å²) >= 11 is 5.61. The minimum Gasteiger partial charge on any atom is -0.462 e. The molecule has 0 fully saturated rings. The summed E-state index contributed by atoms with van der Waals surface area (Å²) in [5.74, 6) is -1.20. The normalized spacial score (nSPS) is 10.2. The number of carbonyl (C=O) groups excluding carboxylic acids is 1. The lowest BCUT2D eigenvalue weighted by Gasteiger charge is -2.12. The van der Waals surface area contributed by atoms with E-state index in [9.17, 15) is 13.6 Å². The molecule has 0 saturated carbocycles. The molecule has 1 aromatic heterocycles. The van der Waals surface area contributed by atoms with Gasteiger partial charge in [-0.3, -0.25) is 4.98 Å².